The number of nitrogens with one attached hydrogen (secondary N) is 1. The van der Waals surface area contributed by atoms with Gasteiger partial charge in [0.15, 0.2) is 0 Å². The Morgan fingerprint density at radius 3 is 2.68 bits per heavy atom. The third-order valence-electron chi connectivity index (χ3n) is 2.54. The minimum Gasteiger partial charge on any atom is -0.348 e. The number of carbonyl (C=O) groups is 1. The number of nitrogens with zero attached hydrogens (tertiary/aromatic N) is 2. The van der Waals surface area contributed by atoms with Gasteiger partial charge < -0.3 is 5.32 Å². The summed E-state index contributed by atoms with van der Waals surface area (Å²) in [5, 5.41) is 11.2. The summed E-state index contributed by atoms with van der Waals surface area (Å²) in [6.07, 6.45) is 1.28. The summed E-state index contributed by atoms with van der Waals surface area (Å²) in [6.45, 7) is 0.263. The Hall–Kier alpha value is -2.74. The van der Waals surface area contributed by atoms with E-state index in [0.717, 1.165) is 5.56 Å². The molecular weight excluding hydrogens is 245 g/mol. The van der Waals surface area contributed by atoms with Gasteiger partial charge in [-0.2, -0.15) is 9.65 Å². The average Bonchev–Trinajstić information content (AvgIpc) is 2.46. The fourth-order valence-corrected chi connectivity index (χ4v) is 1.53. The highest BCUT2D eigenvalue weighted by Crippen LogP contribution is 2.05. The Labute approximate surface area is 109 Å². The molecule has 0 atom stereocenters. The fraction of sp³-hybridized carbons (Fsp3) is 0.0714. The minimum absolute atomic E-state index is 0.0869. The summed E-state index contributed by atoms with van der Waals surface area (Å²) in [6, 6.07) is 11.7. The number of hydrogen-bond donors (Lipinski definition) is 1. The number of halogens is 1. The molecule has 4 nitrogen and oxygen atoms in total. The second-order valence-corrected chi connectivity index (χ2v) is 3.83. The molecule has 19 heavy (non-hydrogen) atoms. The fourth-order valence-electron chi connectivity index (χ4n) is 1.53. The number of aromatic nitrogens is 1. The van der Waals surface area contributed by atoms with E-state index >= 15 is 0 Å². The molecule has 0 aliphatic rings. The lowest BCUT2D eigenvalue weighted by atomic mass is 10.1. The van der Waals surface area contributed by atoms with Crippen molar-refractivity contribution in [2.24, 2.45) is 0 Å². The predicted molar refractivity (Wildman–Crippen MR) is 66.5 cm³/mol. The lowest BCUT2D eigenvalue weighted by Crippen LogP contribution is -2.24. The van der Waals surface area contributed by atoms with Gasteiger partial charge in [0.1, 0.15) is 0 Å². The van der Waals surface area contributed by atoms with E-state index < -0.39 is 11.9 Å². The molecule has 0 aliphatic heterocycles. The van der Waals surface area contributed by atoms with Gasteiger partial charge in [0.2, 0.25) is 5.95 Å². The van der Waals surface area contributed by atoms with Crippen LogP contribution in [0.15, 0.2) is 42.6 Å². The topological polar surface area (TPSA) is 65.8 Å². The summed E-state index contributed by atoms with van der Waals surface area (Å²) in [5.41, 5.74) is 1.29. The minimum atomic E-state index is -0.792. The Morgan fingerprint density at radius 2 is 2.05 bits per heavy atom. The highest BCUT2D eigenvalue weighted by molar-refractivity contribution is 5.94. The van der Waals surface area contributed by atoms with Crippen LogP contribution in [0.4, 0.5) is 4.39 Å². The molecule has 0 unspecified atom stereocenters. The molecule has 0 fully saturated rings. The molecule has 1 amide bonds. The van der Waals surface area contributed by atoms with Crippen LogP contribution < -0.4 is 5.32 Å². The zero-order chi connectivity index (χ0) is 13.7. The van der Waals surface area contributed by atoms with Gasteiger partial charge in [0, 0.05) is 12.7 Å². The van der Waals surface area contributed by atoms with Gasteiger partial charge >= 0.3 is 0 Å². The summed E-state index contributed by atoms with van der Waals surface area (Å²) in [4.78, 5) is 15.1. The molecule has 5 heteroatoms. The number of carbonyl (C=O) groups excluding carboxylic acids is 1. The van der Waals surface area contributed by atoms with Crippen molar-refractivity contribution in [3.05, 3.63) is 65.2 Å². The first-order chi connectivity index (χ1) is 9.20. The summed E-state index contributed by atoms with van der Waals surface area (Å²) in [7, 11) is 0. The molecule has 1 heterocycles. The van der Waals surface area contributed by atoms with Crippen molar-refractivity contribution < 1.29 is 9.18 Å². The van der Waals surface area contributed by atoms with Crippen molar-refractivity contribution in [1.29, 1.82) is 5.26 Å². The van der Waals surface area contributed by atoms with Crippen molar-refractivity contribution >= 4 is 5.91 Å². The van der Waals surface area contributed by atoms with E-state index in [1.165, 1.54) is 18.3 Å². The predicted octanol–water partition coefficient (Wildman–Crippen LogP) is 2.02. The SMILES string of the molecule is N#Cc1ccc(CNC(=O)c2cccnc2F)cc1. The molecule has 0 saturated carbocycles. The maximum Gasteiger partial charge on any atom is 0.256 e. The van der Waals surface area contributed by atoms with Crippen LogP contribution in [0.1, 0.15) is 21.5 Å². The van der Waals surface area contributed by atoms with Crippen molar-refractivity contribution in [2.75, 3.05) is 0 Å². The molecular formula is C14H10FN3O. The first-order valence-corrected chi connectivity index (χ1v) is 5.58. The highest BCUT2D eigenvalue weighted by atomic mass is 19.1. The van der Waals surface area contributed by atoms with Gasteiger partial charge in [-0.05, 0) is 29.8 Å². The molecule has 0 saturated heterocycles. The molecule has 94 valence electrons. The normalized spacial score (nSPS) is 9.68. The van der Waals surface area contributed by atoms with Gasteiger partial charge in [0.05, 0.1) is 17.2 Å². The van der Waals surface area contributed by atoms with Crippen molar-refractivity contribution in [2.45, 2.75) is 6.54 Å². The Balaban J connectivity index is 2.01. The van der Waals surface area contributed by atoms with Gasteiger partial charge in [-0.1, -0.05) is 12.1 Å². The molecule has 0 radical (unpaired) electrons. The number of rotatable bonds is 3. The van der Waals surface area contributed by atoms with E-state index in [9.17, 15) is 9.18 Å². The number of amides is 1. The summed E-state index contributed by atoms with van der Waals surface area (Å²) < 4.78 is 13.3. The summed E-state index contributed by atoms with van der Waals surface area (Å²) in [5.74, 6) is -1.31. The third-order valence-corrected chi connectivity index (χ3v) is 2.54. The quantitative estimate of drug-likeness (QED) is 0.853. The van der Waals surface area contributed by atoms with E-state index in [4.69, 9.17) is 5.26 Å². The molecule has 0 aliphatic carbocycles. The maximum absolute atomic E-state index is 13.3. The molecule has 0 bridgehead atoms. The van der Waals surface area contributed by atoms with Crippen LogP contribution in [0, 0.1) is 17.3 Å². The van der Waals surface area contributed by atoms with E-state index in [-0.39, 0.29) is 12.1 Å². The molecule has 1 N–H and O–H groups in total. The van der Waals surface area contributed by atoms with E-state index in [1.807, 2.05) is 6.07 Å². The Kier molecular flexibility index (Phi) is 3.84. The smallest absolute Gasteiger partial charge is 0.256 e. The van der Waals surface area contributed by atoms with E-state index in [0.29, 0.717) is 5.56 Å². The Morgan fingerprint density at radius 1 is 1.32 bits per heavy atom. The third kappa shape index (κ3) is 3.13. The van der Waals surface area contributed by atoms with E-state index in [1.54, 1.807) is 24.3 Å². The van der Waals surface area contributed by atoms with Crippen LogP contribution in [0.25, 0.3) is 0 Å². The molecule has 2 rings (SSSR count). The van der Waals surface area contributed by atoms with Crippen LogP contribution in [0.3, 0.4) is 0 Å². The monoisotopic (exact) mass is 255 g/mol. The second kappa shape index (κ2) is 5.74. The zero-order valence-corrected chi connectivity index (χ0v) is 9.93. The second-order valence-electron chi connectivity index (χ2n) is 3.83. The highest BCUT2D eigenvalue weighted by Gasteiger charge is 2.11. The Bertz CT molecular complexity index is 632. The number of nitriles is 1. The first kappa shape index (κ1) is 12.7. The average molecular weight is 255 g/mol. The van der Waals surface area contributed by atoms with Gasteiger partial charge in [0.25, 0.3) is 5.91 Å². The van der Waals surface area contributed by atoms with Crippen LogP contribution >= 0.6 is 0 Å². The van der Waals surface area contributed by atoms with Crippen LogP contribution in [-0.4, -0.2) is 10.9 Å². The van der Waals surface area contributed by atoms with Crippen LogP contribution in [-0.2, 0) is 6.54 Å². The number of pyridine rings is 1. The van der Waals surface area contributed by atoms with Crippen molar-refractivity contribution in [1.82, 2.24) is 10.3 Å². The van der Waals surface area contributed by atoms with Gasteiger partial charge in [-0.3, -0.25) is 4.79 Å². The molecule has 1 aromatic heterocycles. The van der Waals surface area contributed by atoms with Crippen molar-refractivity contribution in [3.8, 4) is 6.07 Å². The zero-order valence-electron chi connectivity index (χ0n) is 9.93. The molecule has 2 aromatic rings. The van der Waals surface area contributed by atoms with Gasteiger partial charge in [-0.25, -0.2) is 4.98 Å². The number of benzene rings is 1. The van der Waals surface area contributed by atoms with Crippen molar-refractivity contribution in [3.63, 3.8) is 0 Å². The maximum atomic E-state index is 13.3. The summed E-state index contributed by atoms with van der Waals surface area (Å²) >= 11 is 0. The number of hydrogen-bond acceptors (Lipinski definition) is 3. The van der Waals surface area contributed by atoms with E-state index in [2.05, 4.69) is 10.3 Å². The first-order valence-electron chi connectivity index (χ1n) is 5.58. The van der Waals surface area contributed by atoms with Gasteiger partial charge in [-0.15, -0.1) is 0 Å². The van der Waals surface area contributed by atoms with Crippen LogP contribution in [0.5, 0.6) is 0 Å². The largest absolute Gasteiger partial charge is 0.348 e. The standard InChI is InChI=1S/C14H10FN3O/c15-13-12(2-1-7-17-13)14(19)18-9-11-5-3-10(8-16)4-6-11/h1-7H,9H2,(H,18,19). The lowest BCUT2D eigenvalue weighted by Gasteiger charge is -2.05. The molecule has 1 aromatic carbocycles. The molecule has 0 spiro atoms. The van der Waals surface area contributed by atoms with Crippen LogP contribution in [0.2, 0.25) is 0 Å². The lowest BCUT2D eigenvalue weighted by molar-refractivity contribution is 0.0946.